The van der Waals surface area contributed by atoms with Gasteiger partial charge in [0, 0.05) is 6.20 Å². The van der Waals surface area contributed by atoms with E-state index in [0.717, 1.165) is 16.7 Å². The molecule has 0 fully saturated rings. The SMILES string of the molecule is COC(=O)c1cc(-c2ccccc2C)ccn1. The lowest BCUT2D eigenvalue weighted by Gasteiger charge is -2.06. The molecule has 1 aromatic heterocycles. The van der Waals surface area contributed by atoms with Gasteiger partial charge in [-0.25, -0.2) is 9.78 Å². The van der Waals surface area contributed by atoms with Crippen LogP contribution < -0.4 is 0 Å². The van der Waals surface area contributed by atoms with Crippen molar-refractivity contribution in [2.75, 3.05) is 7.11 Å². The molecule has 0 spiro atoms. The summed E-state index contributed by atoms with van der Waals surface area (Å²) < 4.78 is 4.66. The molecular formula is C14H13NO2. The number of hydrogen-bond donors (Lipinski definition) is 0. The summed E-state index contributed by atoms with van der Waals surface area (Å²) >= 11 is 0. The Bertz CT molecular complexity index is 549. The monoisotopic (exact) mass is 227 g/mol. The Kier molecular flexibility index (Phi) is 3.19. The second kappa shape index (κ2) is 4.78. The number of nitrogens with zero attached hydrogens (tertiary/aromatic N) is 1. The molecule has 0 bridgehead atoms. The number of esters is 1. The molecule has 2 aromatic rings. The van der Waals surface area contributed by atoms with E-state index in [0.29, 0.717) is 5.69 Å². The molecule has 0 N–H and O–H groups in total. The molecule has 0 aliphatic rings. The topological polar surface area (TPSA) is 39.2 Å². The van der Waals surface area contributed by atoms with E-state index in [9.17, 15) is 4.79 Å². The summed E-state index contributed by atoms with van der Waals surface area (Å²) in [4.78, 5) is 15.4. The summed E-state index contributed by atoms with van der Waals surface area (Å²) in [6.07, 6.45) is 1.62. The van der Waals surface area contributed by atoms with E-state index in [2.05, 4.69) is 9.72 Å². The van der Waals surface area contributed by atoms with Gasteiger partial charge < -0.3 is 4.74 Å². The van der Waals surface area contributed by atoms with E-state index in [1.54, 1.807) is 12.3 Å². The van der Waals surface area contributed by atoms with Gasteiger partial charge >= 0.3 is 5.97 Å². The zero-order valence-electron chi connectivity index (χ0n) is 9.81. The molecule has 1 aromatic carbocycles. The lowest BCUT2D eigenvalue weighted by Crippen LogP contribution is -2.03. The lowest BCUT2D eigenvalue weighted by atomic mass is 10.0. The fourth-order valence-electron chi connectivity index (χ4n) is 1.71. The number of methoxy groups -OCH3 is 1. The van der Waals surface area contributed by atoms with E-state index < -0.39 is 5.97 Å². The number of ether oxygens (including phenoxy) is 1. The minimum absolute atomic E-state index is 0.327. The maximum absolute atomic E-state index is 11.4. The highest BCUT2D eigenvalue weighted by Gasteiger charge is 2.09. The first kappa shape index (κ1) is 11.3. The number of benzene rings is 1. The molecular weight excluding hydrogens is 214 g/mol. The van der Waals surface area contributed by atoms with Crippen molar-refractivity contribution in [1.82, 2.24) is 4.98 Å². The maximum Gasteiger partial charge on any atom is 0.356 e. The third kappa shape index (κ3) is 2.33. The van der Waals surface area contributed by atoms with Crippen molar-refractivity contribution >= 4 is 5.97 Å². The summed E-state index contributed by atoms with van der Waals surface area (Å²) in [6, 6.07) is 11.6. The van der Waals surface area contributed by atoms with Gasteiger partial charge in [-0.15, -0.1) is 0 Å². The number of aryl methyl sites for hydroxylation is 1. The van der Waals surface area contributed by atoms with Crippen LogP contribution in [0.25, 0.3) is 11.1 Å². The van der Waals surface area contributed by atoms with Gasteiger partial charge in [0.15, 0.2) is 0 Å². The zero-order valence-corrected chi connectivity index (χ0v) is 9.81. The molecule has 3 nitrogen and oxygen atoms in total. The van der Waals surface area contributed by atoms with E-state index in [-0.39, 0.29) is 0 Å². The van der Waals surface area contributed by atoms with Gasteiger partial charge in [-0.05, 0) is 35.7 Å². The van der Waals surface area contributed by atoms with E-state index in [1.165, 1.54) is 7.11 Å². The van der Waals surface area contributed by atoms with E-state index in [4.69, 9.17) is 0 Å². The average molecular weight is 227 g/mol. The van der Waals surface area contributed by atoms with Crippen molar-refractivity contribution in [2.24, 2.45) is 0 Å². The molecule has 0 aliphatic heterocycles. The predicted octanol–water partition coefficient (Wildman–Crippen LogP) is 2.84. The molecule has 0 saturated carbocycles. The summed E-state index contributed by atoms with van der Waals surface area (Å²) in [5.41, 5.74) is 3.56. The summed E-state index contributed by atoms with van der Waals surface area (Å²) in [6.45, 7) is 2.04. The standard InChI is InChI=1S/C14H13NO2/c1-10-5-3-4-6-12(10)11-7-8-15-13(9-11)14(16)17-2/h3-9H,1-2H3. The normalized spacial score (nSPS) is 10.0. The van der Waals surface area contributed by atoms with Crippen molar-refractivity contribution < 1.29 is 9.53 Å². The van der Waals surface area contributed by atoms with Gasteiger partial charge in [-0.2, -0.15) is 0 Å². The summed E-state index contributed by atoms with van der Waals surface area (Å²) in [7, 11) is 1.35. The molecule has 0 aliphatic carbocycles. The third-order valence-electron chi connectivity index (χ3n) is 2.61. The van der Waals surface area contributed by atoms with Crippen LogP contribution in [0.15, 0.2) is 42.6 Å². The minimum atomic E-state index is -0.416. The second-order valence-corrected chi connectivity index (χ2v) is 3.74. The number of rotatable bonds is 2. The molecule has 0 radical (unpaired) electrons. The molecule has 2 rings (SSSR count). The van der Waals surface area contributed by atoms with Crippen LogP contribution in [0.3, 0.4) is 0 Å². The van der Waals surface area contributed by atoms with Crippen LogP contribution in [-0.4, -0.2) is 18.1 Å². The van der Waals surface area contributed by atoms with Crippen LogP contribution in [0.4, 0.5) is 0 Å². The number of aromatic nitrogens is 1. The second-order valence-electron chi connectivity index (χ2n) is 3.74. The highest BCUT2D eigenvalue weighted by molar-refractivity contribution is 5.88. The summed E-state index contributed by atoms with van der Waals surface area (Å²) in [5.74, 6) is -0.416. The molecule has 3 heteroatoms. The van der Waals surface area contributed by atoms with Crippen molar-refractivity contribution in [2.45, 2.75) is 6.92 Å². The van der Waals surface area contributed by atoms with Gasteiger partial charge in [0.05, 0.1) is 7.11 Å². The molecule has 1 heterocycles. The molecule has 0 unspecified atom stereocenters. The van der Waals surface area contributed by atoms with Crippen molar-refractivity contribution in [3.8, 4) is 11.1 Å². The Morgan fingerprint density at radius 3 is 2.71 bits per heavy atom. The van der Waals surface area contributed by atoms with Crippen LogP contribution in [0.1, 0.15) is 16.1 Å². The van der Waals surface area contributed by atoms with Crippen LogP contribution in [0, 0.1) is 6.92 Å². The fraction of sp³-hybridized carbons (Fsp3) is 0.143. The van der Waals surface area contributed by atoms with Gasteiger partial charge in [0.2, 0.25) is 0 Å². The lowest BCUT2D eigenvalue weighted by molar-refractivity contribution is 0.0594. The smallest absolute Gasteiger partial charge is 0.356 e. The first-order valence-corrected chi connectivity index (χ1v) is 5.33. The Morgan fingerprint density at radius 2 is 2.00 bits per heavy atom. The highest BCUT2D eigenvalue weighted by Crippen LogP contribution is 2.23. The van der Waals surface area contributed by atoms with Crippen LogP contribution in [0.5, 0.6) is 0 Å². The largest absolute Gasteiger partial charge is 0.464 e. The zero-order chi connectivity index (χ0) is 12.3. The van der Waals surface area contributed by atoms with Crippen molar-refractivity contribution in [1.29, 1.82) is 0 Å². The molecule has 17 heavy (non-hydrogen) atoms. The molecule has 0 saturated heterocycles. The first-order chi connectivity index (χ1) is 8.22. The Hall–Kier alpha value is -2.16. The van der Waals surface area contributed by atoms with Gasteiger partial charge in [0.1, 0.15) is 5.69 Å². The third-order valence-corrected chi connectivity index (χ3v) is 2.61. The Morgan fingerprint density at radius 1 is 1.24 bits per heavy atom. The molecule has 86 valence electrons. The number of hydrogen-bond acceptors (Lipinski definition) is 3. The van der Waals surface area contributed by atoms with E-state index in [1.807, 2.05) is 37.3 Å². The van der Waals surface area contributed by atoms with Gasteiger partial charge in [0.25, 0.3) is 0 Å². The molecule has 0 amide bonds. The molecule has 0 atom stereocenters. The maximum atomic E-state index is 11.4. The first-order valence-electron chi connectivity index (χ1n) is 5.33. The Labute approximate surface area is 100 Å². The van der Waals surface area contributed by atoms with Crippen LogP contribution in [-0.2, 0) is 4.74 Å². The number of carbonyl (C=O) groups is 1. The Balaban J connectivity index is 2.47. The fourth-order valence-corrected chi connectivity index (χ4v) is 1.71. The highest BCUT2D eigenvalue weighted by atomic mass is 16.5. The predicted molar refractivity (Wildman–Crippen MR) is 65.7 cm³/mol. The van der Waals surface area contributed by atoms with Crippen molar-refractivity contribution in [3.05, 3.63) is 53.9 Å². The van der Waals surface area contributed by atoms with E-state index >= 15 is 0 Å². The number of pyridine rings is 1. The van der Waals surface area contributed by atoms with Gasteiger partial charge in [-0.3, -0.25) is 0 Å². The quantitative estimate of drug-likeness (QED) is 0.740. The van der Waals surface area contributed by atoms with Crippen molar-refractivity contribution in [3.63, 3.8) is 0 Å². The average Bonchev–Trinajstić information content (AvgIpc) is 2.38. The van der Waals surface area contributed by atoms with Gasteiger partial charge in [-0.1, -0.05) is 24.3 Å². The van der Waals surface area contributed by atoms with Crippen LogP contribution >= 0.6 is 0 Å². The van der Waals surface area contributed by atoms with Crippen LogP contribution in [0.2, 0.25) is 0 Å². The number of carbonyl (C=O) groups excluding carboxylic acids is 1. The summed E-state index contributed by atoms with van der Waals surface area (Å²) in [5, 5.41) is 0. The minimum Gasteiger partial charge on any atom is -0.464 e.